The van der Waals surface area contributed by atoms with E-state index in [0.29, 0.717) is 12.1 Å². The molecule has 108 valence electrons. The fourth-order valence-electron chi connectivity index (χ4n) is 1.99. The molecule has 0 heterocycles. The maximum atomic E-state index is 12.5. The Balaban J connectivity index is 2.94. The third-order valence-electron chi connectivity index (χ3n) is 3.09. The third kappa shape index (κ3) is 4.27. The monoisotopic (exact) mass is 273 g/mol. The average molecular weight is 273 g/mol. The van der Waals surface area contributed by atoms with Crippen LogP contribution in [0.15, 0.2) is 18.2 Å². The fraction of sp³-hybridized carbons (Fsp3) is 0.500. The van der Waals surface area contributed by atoms with E-state index >= 15 is 0 Å². The van der Waals surface area contributed by atoms with Crippen molar-refractivity contribution in [3.8, 4) is 6.07 Å². The zero-order valence-corrected chi connectivity index (χ0v) is 12.7. The number of carbonyl (C=O) groups excluding carboxylic acids is 1. The summed E-state index contributed by atoms with van der Waals surface area (Å²) in [4.78, 5) is 14.1. The van der Waals surface area contributed by atoms with Gasteiger partial charge in [-0.3, -0.25) is 4.79 Å². The minimum atomic E-state index is -0.165. The molecule has 1 unspecified atom stereocenters. The minimum absolute atomic E-state index is 0.0503. The van der Waals surface area contributed by atoms with Gasteiger partial charge in [-0.2, -0.15) is 5.26 Å². The van der Waals surface area contributed by atoms with Crippen LogP contribution in [-0.4, -0.2) is 30.9 Å². The molecule has 0 fully saturated rings. The first kappa shape index (κ1) is 16.0. The molecule has 0 bridgehead atoms. The molecule has 1 rings (SSSR count). The molecular formula is C16H23N3O. The molecule has 0 aliphatic heterocycles. The van der Waals surface area contributed by atoms with Gasteiger partial charge in [-0.25, -0.2) is 0 Å². The molecule has 0 spiro atoms. The van der Waals surface area contributed by atoms with Crippen molar-refractivity contribution in [1.29, 1.82) is 5.26 Å². The molecule has 0 saturated carbocycles. The van der Waals surface area contributed by atoms with Crippen molar-refractivity contribution in [3.63, 3.8) is 0 Å². The lowest BCUT2D eigenvalue weighted by Gasteiger charge is -2.20. The number of aryl methyl sites for hydroxylation is 1. The summed E-state index contributed by atoms with van der Waals surface area (Å²) in [5.41, 5.74) is 2.65. The van der Waals surface area contributed by atoms with Gasteiger partial charge in [0.1, 0.15) is 0 Å². The van der Waals surface area contributed by atoms with Gasteiger partial charge in [-0.05, 0) is 38.0 Å². The van der Waals surface area contributed by atoms with E-state index in [1.165, 1.54) is 0 Å². The van der Waals surface area contributed by atoms with Crippen molar-refractivity contribution < 1.29 is 4.79 Å². The van der Waals surface area contributed by atoms with Crippen LogP contribution < -0.4 is 5.32 Å². The topological polar surface area (TPSA) is 56.1 Å². The average Bonchev–Trinajstić information content (AvgIpc) is 2.44. The lowest BCUT2D eigenvalue weighted by atomic mass is 10.1. The Kier molecular flexibility index (Phi) is 6.05. The highest BCUT2D eigenvalue weighted by Crippen LogP contribution is 2.19. The molecule has 0 aliphatic rings. The predicted molar refractivity (Wildman–Crippen MR) is 81.7 cm³/mol. The number of nitrogens with zero attached hydrogens (tertiary/aromatic N) is 2. The van der Waals surface area contributed by atoms with Gasteiger partial charge in [0.25, 0.3) is 5.91 Å². The zero-order valence-electron chi connectivity index (χ0n) is 12.7. The van der Waals surface area contributed by atoms with Gasteiger partial charge in [-0.15, -0.1) is 0 Å². The molecule has 1 atom stereocenters. The first-order valence-corrected chi connectivity index (χ1v) is 6.99. The van der Waals surface area contributed by atoms with E-state index in [9.17, 15) is 4.79 Å². The molecular weight excluding hydrogens is 250 g/mol. The van der Waals surface area contributed by atoms with Crippen LogP contribution in [0.2, 0.25) is 0 Å². The number of carbonyl (C=O) groups is 1. The van der Waals surface area contributed by atoms with Crippen LogP contribution in [0.4, 0.5) is 5.69 Å². The van der Waals surface area contributed by atoms with Crippen LogP contribution in [0, 0.1) is 24.2 Å². The van der Waals surface area contributed by atoms with Crippen molar-refractivity contribution in [2.24, 2.45) is 5.92 Å². The summed E-state index contributed by atoms with van der Waals surface area (Å²) in [6.45, 7) is 7.19. The summed E-state index contributed by atoms with van der Waals surface area (Å²) in [5.74, 6) is -0.216. The molecule has 0 aromatic heterocycles. The Hall–Kier alpha value is -2.02. The standard InChI is InChI=1S/C16H23N3O/c1-5-8-18-15-9-12(2)6-7-14(15)16(20)19(4)11-13(3)10-17/h6-7,9,13,18H,5,8,11H2,1-4H3. The van der Waals surface area contributed by atoms with Crippen LogP contribution in [0.1, 0.15) is 36.2 Å². The molecule has 0 radical (unpaired) electrons. The Bertz CT molecular complexity index is 505. The maximum Gasteiger partial charge on any atom is 0.255 e. The Morgan fingerprint density at radius 1 is 1.50 bits per heavy atom. The number of hydrogen-bond acceptors (Lipinski definition) is 3. The van der Waals surface area contributed by atoms with Crippen molar-refractivity contribution in [3.05, 3.63) is 29.3 Å². The molecule has 0 saturated heterocycles. The molecule has 4 heteroatoms. The second-order valence-corrected chi connectivity index (χ2v) is 5.19. The first-order chi connectivity index (χ1) is 9.49. The molecule has 0 aliphatic carbocycles. The zero-order chi connectivity index (χ0) is 15.1. The number of rotatable bonds is 6. The molecule has 1 N–H and O–H groups in total. The number of anilines is 1. The van der Waals surface area contributed by atoms with E-state index in [1.807, 2.05) is 32.0 Å². The largest absolute Gasteiger partial charge is 0.384 e. The molecule has 1 amide bonds. The number of benzene rings is 1. The highest BCUT2D eigenvalue weighted by molar-refractivity contribution is 5.99. The van der Waals surface area contributed by atoms with Gasteiger partial charge in [0.2, 0.25) is 0 Å². The van der Waals surface area contributed by atoms with E-state index in [0.717, 1.165) is 24.2 Å². The summed E-state index contributed by atoms with van der Waals surface area (Å²) < 4.78 is 0. The highest BCUT2D eigenvalue weighted by atomic mass is 16.2. The fourth-order valence-corrected chi connectivity index (χ4v) is 1.99. The Labute approximate surface area is 121 Å². The van der Waals surface area contributed by atoms with Gasteiger partial charge >= 0.3 is 0 Å². The number of amides is 1. The second-order valence-electron chi connectivity index (χ2n) is 5.19. The van der Waals surface area contributed by atoms with Crippen molar-refractivity contribution in [1.82, 2.24) is 4.90 Å². The SMILES string of the molecule is CCCNc1cc(C)ccc1C(=O)N(C)CC(C)C#N. The van der Waals surface area contributed by atoms with E-state index in [1.54, 1.807) is 11.9 Å². The lowest BCUT2D eigenvalue weighted by Crippen LogP contribution is -2.31. The minimum Gasteiger partial charge on any atom is -0.384 e. The Morgan fingerprint density at radius 2 is 2.20 bits per heavy atom. The van der Waals surface area contributed by atoms with Crippen molar-refractivity contribution in [2.75, 3.05) is 25.5 Å². The van der Waals surface area contributed by atoms with E-state index in [2.05, 4.69) is 18.3 Å². The van der Waals surface area contributed by atoms with Gasteiger partial charge in [0, 0.05) is 25.8 Å². The summed E-state index contributed by atoms with van der Waals surface area (Å²) in [6, 6.07) is 7.93. The van der Waals surface area contributed by atoms with Gasteiger partial charge in [0.05, 0.1) is 17.6 Å². The van der Waals surface area contributed by atoms with Crippen LogP contribution >= 0.6 is 0 Å². The number of nitriles is 1. The molecule has 1 aromatic carbocycles. The van der Waals surface area contributed by atoms with Crippen LogP contribution in [0.5, 0.6) is 0 Å². The summed E-state index contributed by atoms with van der Waals surface area (Å²) in [5, 5.41) is 12.1. The van der Waals surface area contributed by atoms with Crippen molar-refractivity contribution in [2.45, 2.75) is 27.2 Å². The highest BCUT2D eigenvalue weighted by Gasteiger charge is 2.17. The van der Waals surface area contributed by atoms with Gasteiger partial charge in [-0.1, -0.05) is 13.0 Å². The van der Waals surface area contributed by atoms with Gasteiger partial charge < -0.3 is 10.2 Å². The lowest BCUT2D eigenvalue weighted by molar-refractivity contribution is 0.0786. The summed E-state index contributed by atoms with van der Waals surface area (Å²) in [7, 11) is 1.74. The molecule has 4 nitrogen and oxygen atoms in total. The quantitative estimate of drug-likeness (QED) is 0.866. The number of hydrogen-bond donors (Lipinski definition) is 1. The summed E-state index contributed by atoms with van der Waals surface area (Å²) in [6.07, 6.45) is 1.00. The molecule has 1 aromatic rings. The van der Waals surface area contributed by atoms with E-state index < -0.39 is 0 Å². The van der Waals surface area contributed by atoms with Crippen LogP contribution in [-0.2, 0) is 0 Å². The van der Waals surface area contributed by atoms with Crippen LogP contribution in [0.3, 0.4) is 0 Å². The molecule has 20 heavy (non-hydrogen) atoms. The van der Waals surface area contributed by atoms with Gasteiger partial charge in [0.15, 0.2) is 0 Å². The second kappa shape index (κ2) is 7.54. The predicted octanol–water partition coefficient (Wildman–Crippen LogP) is 3.05. The van der Waals surface area contributed by atoms with Crippen LogP contribution in [0.25, 0.3) is 0 Å². The van der Waals surface area contributed by atoms with Crippen molar-refractivity contribution >= 4 is 11.6 Å². The van der Waals surface area contributed by atoms with E-state index in [-0.39, 0.29) is 11.8 Å². The Morgan fingerprint density at radius 3 is 2.80 bits per heavy atom. The maximum absolute atomic E-state index is 12.5. The first-order valence-electron chi connectivity index (χ1n) is 6.99. The third-order valence-corrected chi connectivity index (χ3v) is 3.09. The smallest absolute Gasteiger partial charge is 0.255 e. The van der Waals surface area contributed by atoms with E-state index in [4.69, 9.17) is 5.26 Å². The number of nitrogens with one attached hydrogen (secondary N) is 1. The summed E-state index contributed by atoms with van der Waals surface area (Å²) >= 11 is 0. The normalized spacial score (nSPS) is 11.6.